The van der Waals surface area contributed by atoms with Crippen molar-refractivity contribution in [2.24, 2.45) is 0 Å². The first-order valence-electron chi connectivity index (χ1n) is 15.3. The number of amides is 2. The Bertz CT molecular complexity index is 821. The van der Waals surface area contributed by atoms with Crippen LogP contribution in [0.3, 0.4) is 0 Å². The van der Waals surface area contributed by atoms with E-state index in [2.05, 4.69) is 24.5 Å². The molecule has 0 aromatic heterocycles. The zero-order chi connectivity index (χ0) is 29.0. The minimum absolute atomic E-state index is 0.132. The summed E-state index contributed by atoms with van der Waals surface area (Å²) >= 11 is 10.7. The van der Waals surface area contributed by atoms with E-state index in [0.717, 1.165) is 28.6 Å². The van der Waals surface area contributed by atoms with Gasteiger partial charge in [0, 0.05) is 13.1 Å². The number of hydrogen-bond donors (Lipinski definition) is 2. The smallest absolute Gasteiger partial charge is 0.259 e. The Morgan fingerprint density at radius 3 is 1.30 bits per heavy atom. The molecule has 0 saturated heterocycles. The highest BCUT2D eigenvalue weighted by Gasteiger charge is 2.35. The molecule has 2 heterocycles. The fraction of sp³-hybridized carbons (Fsp3) is 0.733. The molecule has 0 fully saturated rings. The van der Waals surface area contributed by atoms with Gasteiger partial charge < -0.3 is 10.6 Å². The lowest BCUT2D eigenvalue weighted by Gasteiger charge is -2.06. The molecule has 0 unspecified atom stereocenters. The van der Waals surface area contributed by atoms with Crippen molar-refractivity contribution in [2.45, 2.75) is 118 Å². The van der Waals surface area contributed by atoms with Crippen LogP contribution < -0.4 is 10.6 Å². The van der Waals surface area contributed by atoms with Gasteiger partial charge in [-0.25, -0.2) is 0 Å². The first-order chi connectivity index (χ1) is 19.5. The van der Waals surface area contributed by atoms with Crippen LogP contribution in [-0.2, 0) is 9.59 Å². The van der Waals surface area contributed by atoms with E-state index in [1.807, 2.05) is 60.9 Å². The molecule has 2 N–H and O–H groups in total. The first-order valence-corrected chi connectivity index (χ1v) is 20.5. The summed E-state index contributed by atoms with van der Waals surface area (Å²) in [6.07, 6.45) is 17.6. The Morgan fingerprint density at radius 1 is 0.525 bits per heavy atom. The molecule has 10 heteroatoms. The maximum atomic E-state index is 13.0. The SMILES string of the molecule is CCCCCCCCSC1=C(SCCCCCCCC)SC(=C2SC(C(=O)NCCC)=C(C(=O)NCCC)S2)S1. The van der Waals surface area contributed by atoms with Gasteiger partial charge in [-0.05, 0) is 37.2 Å². The molecular formula is C30H50N2O2S6. The van der Waals surface area contributed by atoms with E-state index >= 15 is 0 Å². The number of nitrogens with one attached hydrogen (secondary N) is 2. The van der Waals surface area contributed by atoms with Crippen LogP contribution in [0.5, 0.6) is 0 Å². The van der Waals surface area contributed by atoms with Crippen molar-refractivity contribution >= 4 is 82.4 Å². The van der Waals surface area contributed by atoms with Gasteiger partial charge in [-0.2, -0.15) is 0 Å². The highest BCUT2D eigenvalue weighted by atomic mass is 32.3. The van der Waals surface area contributed by atoms with Crippen molar-refractivity contribution in [3.8, 4) is 0 Å². The molecule has 0 bridgehead atoms. The molecule has 0 spiro atoms. The van der Waals surface area contributed by atoms with E-state index in [1.165, 1.54) is 113 Å². The summed E-state index contributed by atoms with van der Waals surface area (Å²) in [5, 5.41) is 5.97. The monoisotopic (exact) mass is 662 g/mol. The van der Waals surface area contributed by atoms with Crippen molar-refractivity contribution in [3.05, 3.63) is 26.8 Å². The predicted octanol–water partition coefficient (Wildman–Crippen LogP) is 10.7. The summed E-state index contributed by atoms with van der Waals surface area (Å²) in [5.41, 5.74) is 0. The Hall–Kier alpha value is 0.260. The molecule has 2 aliphatic heterocycles. The maximum absolute atomic E-state index is 13.0. The third kappa shape index (κ3) is 13.7. The van der Waals surface area contributed by atoms with Crippen LogP contribution in [0.1, 0.15) is 118 Å². The van der Waals surface area contributed by atoms with Gasteiger partial charge in [0.05, 0.1) is 26.8 Å². The van der Waals surface area contributed by atoms with Gasteiger partial charge in [0.1, 0.15) is 0 Å². The van der Waals surface area contributed by atoms with Crippen LogP contribution in [0, 0.1) is 0 Å². The number of thioether (sulfide) groups is 6. The Kier molecular flexibility index (Phi) is 20.7. The molecule has 0 radical (unpaired) electrons. The number of rotatable bonds is 22. The normalized spacial score (nSPS) is 15.5. The first kappa shape index (κ1) is 36.5. The fourth-order valence-electron chi connectivity index (χ4n) is 3.95. The predicted molar refractivity (Wildman–Crippen MR) is 190 cm³/mol. The van der Waals surface area contributed by atoms with Crippen LogP contribution in [0.2, 0.25) is 0 Å². The second-order valence-corrected chi connectivity index (χ2v) is 17.3. The fourth-order valence-corrected chi connectivity index (χ4v) is 12.7. The van der Waals surface area contributed by atoms with Gasteiger partial charge in [0.15, 0.2) is 0 Å². The molecule has 0 aromatic carbocycles. The van der Waals surface area contributed by atoms with Crippen molar-refractivity contribution in [3.63, 3.8) is 0 Å². The standard InChI is InChI=1S/C30H50N2O2S6/c1-5-9-11-13-15-17-21-35-27-28(36-22-18-16-14-12-10-6-2)40-30(39-27)29-37-23(25(33)31-19-7-3)24(38-29)26(34)32-20-8-4/h5-22H2,1-4H3,(H,31,33)(H,32,34). The molecule has 0 atom stereocenters. The molecule has 4 nitrogen and oxygen atoms in total. The lowest BCUT2D eigenvalue weighted by molar-refractivity contribution is -0.119. The van der Waals surface area contributed by atoms with Crippen molar-refractivity contribution < 1.29 is 9.59 Å². The van der Waals surface area contributed by atoms with Crippen LogP contribution >= 0.6 is 70.6 Å². The Labute approximate surface area is 269 Å². The molecule has 228 valence electrons. The number of hydrogen-bond acceptors (Lipinski definition) is 8. The van der Waals surface area contributed by atoms with Crippen LogP contribution in [-0.4, -0.2) is 36.4 Å². The highest BCUT2D eigenvalue weighted by Crippen LogP contribution is 2.63. The van der Waals surface area contributed by atoms with E-state index in [0.29, 0.717) is 22.9 Å². The maximum Gasteiger partial charge on any atom is 0.259 e. The van der Waals surface area contributed by atoms with Gasteiger partial charge in [-0.15, -0.1) is 23.5 Å². The summed E-state index contributed by atoms with van der Waals surface area (Å²) < 4.78 is 5.13. The number of carbonyl (C=O) groups excluding carboxylic acids is 2. The Balaban J connectivity index is 2.06. The molecular weight excluding hydrogens is 613 g/mol. The average Bonchev–Trinajstić information content (AvgIpc) is 3.58. The highest BCUT2D eigenvalue weighted by molar-refractivity contribution is 8.42. The van der Waals surface area contributed by atoms with Gasteiger partial charge in [0.25, 0.3) is 11.8 Å². The molecule has 0 saturated carbocycles. The van der Waals surface area contributed by atoms with E-state index in [4.69, 9.17) is 0 Å². The minimum atomic E-state index is -0.132. The summed E-state index contributed by atoms with van der Waals surface area (Å²) in [6.45, 7) is 9.86. The van der Waals surface area contributed by atoms with Crippen LogP contribution in [0.25, 0.3) is 0 Å². The third-order valence-corrected chi connectivity index (χ3v) is 15.1. The van der Waals surface area contributed by atoms with Crippen LogP contribution in [0.15, 0.2) is 26.8 Å². The Morgan fingerprint density at radius 2 is 0.900 bits per heavy atom. The summed E-state index contributed by atoms with van der Waals surface area (Å²) in [7, 11) is 0. The molecule has 0 aromatic rings. The second kappa shape index (κ2) is 22.8. The second-order valence-electron chi connectivity index (χ2n) is 9.96. The van der Waals surface area contributed by atoms with Crippen molar-refractivity contribution in [1.29, 1.82) is 0 Å². The largest absolute Gasteiger partial charge is 0.352 e. The minimum Gasteiger partial charge on any atom is -0.352 e. The molecule has 40 heavy (non-hydrogen) atoms. The van der Waals surface area contributed by atoms with Gasteiger partial charge >= 0.3 is 0 Å². The van der Waals surface area contributed by atoms with Crippen molar-refractivity contribution in [2.75, 3.05) is 24.6 Å². The van der Waals surface area contributed by atoms with Gasteiger partial charge in [-0.3, -0.25) is 9.59 Å². The van der Waals surface area contributed by atoms with E-state index < -0.39 is 0 Å². The van der Waals surface area contributed by atoms with Crippen LogP contribution in [0.4, 0.5) is 0 Å². The third-order valence-electron chi connectivity index (χ3n) is 6.25. The topological polar surface area (TPSA) is 58.2 Å². The average molecular weight is 663 g/mol. The quantitative estimate of drug-likeness (QED) is 0.111. The summed E-state index contributed by atoms with van der Waals surface area (Å²) in [6, 6.07) is 0. The molecule has 0 aliphatic carbocycles. The summed E-state index contributed by atoms with van der Waals surface area (Å²) in [4.78, 5) is 27.1. The van der Waals surface area contributed by atoms with E-state index in [9.17, 15) is 9.59 Å². The van der Waals surface area contributed by atoms with E-state index in [-0.39, 0.29) is 11.8 Å². The summed E-state index contributed by atoms with van der Waals surface area (Å²) in [5.74, 6) is 2.06. The molecule has 2 aliphatic rings. The van der Waals surface area contributed by atoms with Crippen molar-refractivity contribution in [1.82, 2.24) is 10.6 Å². The molecule has 2 amide bonds. The number of unbranched alkanes of at least 4 members (excludes halogenated alkanes) is 10. The van der Waals surface area contributed by atoms with Gasteiger partial charge in [0.2, 0.25) is 0 Å². The van der Waals surface area contributed by atoms with E-state index in [1.54, 1.807) is 0 Å². The van der Waals surface area contributed by atoms with Gasteiger partial charge in [-0.1, -0.05) is 139 Å². The zero-order valence-electron chi connectivity index (χ0n) is 25.0. The lowest BCUT2D eigenvalue weighted by atomic mass is 10.1. The lowest BCUT2D eigenvalue weighted by Crippen LogP contribution is -2.29. The number of carbonyl (C=O) groups is 2. The zero-order valence-corrected chi connectivity index (χ0v) is 29.9. The molecule has 2 rings (SSSR count).